The Morgan fingerprint density at radius 3 is 2.88 bits per heavy atom. The summed E-state index contributed by atoms with van der Waals surface area (Å²) in [5, 5.41) is 3.53. The molecule has 0 saturated carbocycles. The second-order valence-electron chi connectivity index (χ2n) is 4.62. The summed E-state index contributed by atoms with van der Waals surface area (Å²) in [5.74, 6) is -0.335. The predicted molar refractivity (Wildman–Crippen MR) is 68.8 cm³/mol. The quantitative estimate of drug-likeness (QED) is 0.864. The van der Waals surface area contributed by atoms with Gasteiger partial charge in [0.25, 0.3) is 0 Å². The van der Waals surface area contributed by atoms with E-state index in [0.717, 1.165) is 37.1 Å². The molecule has 0 aromatic heterocycles. The van der Waals surface area contributed by atoms with Crippen molar-refractivity contribution in [3.05, 3.63) is 34.3 Å². The Hall–Kier alpha value is -0.420. The molecule has 2 aliphatic heterocycles. The van der Waals surface area contributed by atoms with E-state index in [9.17, 15) is 0 Å². The van der Waals surface area contributed by atoms with Crippen LogP contribution in [0.25, 0.3) is 0 Å². The molecule has 1 spiro atoms. The molecule has 0 amide bonds. The van der Waals surface area contributed by atoms with E-state index < -0.39 is 0 Å². The first kappa shape index (κ1) is 11.7. The van der Waals surface area contributed by atoms with Crippen LogP contribution >= 0.6 is 15.9 Å². The van der Waals surface area contributed by atoms with Crippen molar-refractivity contribution in [3.63, 3.8) is 0 Å². The van der Waals surface area contributed by atoms with Crippen molar-refractivity contribution >= 4 is 15.9 Å². The largest absolute Gasteiger partial charge is 0.347 e. The maximum atomic E-state index is 5.79. The average Bonchev–Trinajstić information content (AvgIpc) is 2.77. The van der Waals surface area contributed by atoms with E-state index >= 15 is 0 Å². The van der Waals surface area contributed by atoms with Crippen LogP contribution in [0.4, 0.5) is 0 Å². The van der Waals surface area contributed by atoms with Crippen molar-refractivity contribution in [3.8, 4) is 0 Å². The molecular formula is C13H16BrNO2. The van der Waals surface area contributed by atoms with Crippen LogP contribution in [0.15, 0.2) is 28.7 Å². The van der Waals surface area contributed by atoms with Gasteiger partial charge in [0.15, 0.2) is 5.79 Å². The molecule has 3 rings (SSSR count). The first-order valence-electron chi connectivity index (χ1n) is 6.04. The highest BCUT2D eigenvalue weighted by Crippen LogP contribution is 2.37. The van der Waals surface area contributed by atoms with Crippen LogP contribution in [0.2, 0.25) is 0 Å². The predicted octanol–water partition coefficient (Wildman–Crippen LogP) is 2.62. The molecule has 4 heteroatoms. The number of benzene rings is 1. The van der Waals surface area contributed by atoms with Crippen LogP contribution in [0.3, 0.4) is 0 Å². The molecule has 0 aliphatic carbocycles. The van der Waals surface area contributed by atoms with Crippen LogP contribution in [-0.2, 0) is 9.47 Å². The van der Waals surface area contributed by atoms with Crippen molar-refractivity contribution in [2.75, 3.05) is 19.8 Å². The van der Waals surface area contributed by atoms with Gasteiger partial charge in [-0.3, -0.25) is 0 Å². The lowest BCUT2D eigenvalue weighted by Gasteiger charge is -2.37. The smallest absolute Gasteiger partial charge is 0.171 e. The minimum atomic E-state index is -0.335. The third kappa shape index (κ3) is 2.40. The molecule has 1 aromatic rings. The molecule has 2 heterocycles. The summed E-state index contributed by atoms with van der Waals surface area (Å²) in [6.45, 7) is 2.40. The number of hydrogen-bond donors (Lipinski definition) is 1. The van der Waals surface area contributed by atoms with Gasteiger partial charge >= 0.3 is 0 Å². The highest BCUT2D eigenvalue weighted by atomic mass is 79.9. The molecule has 0 bridgehead atoms. The van der Waals surface area contributed by atoms with E-state index in [1.54, 1.807) is 0 Å². The van der Waals surface area contributed by atoms with E-state index in [2.05, 4.69) is 39.4 Å². The third-order valence-electron chi connectivity index (χ3n) is 3.48. The minimum absolute atomic E-state index is 0.319. The molecular weight excluding hydrogens is 282 g/mol. The maximum absolute atomic E-state index is 5.79. The van der Waals surface area contributed by atoms with Gasteiger partial charge in [-0.2, -0.15) is 0 Å². The van der Waals surface area contributed by atoms with Gasteiger partial charge in [-0.1, -0.05) is 28.1 Å². The number of halogens is 1. The molecule has 1 N–H and O–H groups in total. The summed E-state index contributed by atoms with van der Waals surface area (Å²) in [5.41, 5.74) is 1.29. The van der Waals surface area contributed by atoms with Gasteiger partial charge in [0, 0.05) is 29.9 Å². The van der Waals surface area contributed by atoms with Crippen molar-refractivity contribution in [1.29, 1.82) is 0 Å². The molecule has 1 aromatic carbocycles. The Morgan fingerprint density at radius 2 is 2.12 bits per heavy atom. The Bertz CT molecular complexity index is 404. The van der Waals surface area contributed by atoms with E-state index in [4.69, 9.17) is 9.47 Å². The zero-order valence-corrected chi connectivity index (χ0v) is 11.2. The number of nitrogens with one attached hydrogen (secondary N) is 1. The summed E-state index contributed by atoms with van der Waals surface area (Å²) in [6.07, 6.45) is 1.83. The standard InChI is InChI=1S/C13H16BrNO2/c14-11-3-1-2-10(8-11)12-9-13(4-5-15-12)16-6-7-17-13/h1-3,8,12,15H,4-7,9H2. The molecule has 92 valence electrons. The normalized spacial score (nSPS) is 27.5. The minimum Gasteiger partial charge on any atom is -0.347 e. The van der Waals surface area contributed by atoms with Crippen molar-refractivity contribution in [1.82, 2.24) is 5.32 Å². The molecule has 2 saturated heterocycles. The summed E-state index contributed by atoms with van der Waals surface area (Å²) < 4.78 is 12.7. The van der Waals surface area contributed by atoms with Gasteiger partial charge in [-0.15, -0.1) is 0 Å². The molecule has 1 atom stereocenters. The van der Waals surface area contributed by atoms with E-state index in [1.165, 1.54) is 5.56 Å². The number of hydrogen-bond acceptors (Lipinski definition) is 3. The maximum Gasteiger partial charge on any atom is 0.171 e. The highest BCUT2D eigenvalue weighted by Gasteiger charge is 2.41. The summed E-state index contributed by atoms with van der Waals surface area (Å²) in [6, 6.07) is 8.74. The molecule has 1 unspecified atom stereocenters. The average molecular weight is 298 g/mol. The summed E-state index contributed by atoms with van der Waals surface area (Å²) in [4.78, 5) is 0. The topological polar surface area (TPSA) is 30.5 Å². The fourth-order valence-corrected chi connectivity index (χ4v) is 3.06. The number of piperidine rings is 1. The zero-order valence-electron chi connectivity index (χ0n) is 9.62. The molecule has 3 nitrogen and oxygen atoms in total. The van der Waals surface area contributed by atoms with Crippen molar-refractivity contribution < 1.29 is 9.47 Å². The van der Waals surface area contributed by atoms with Gasteiger partial charge < -0.3 is 14.8 Å². The van der Waals surface area contributed by atoms with Crippen LogP contribution < -0.4 is 5.32 Å². The third-order valence-corrected chi connectivity index (χ3v) is 3.97. The van der Waals surface area contributed by atoms with Crippen molar-refractivity contribution in [2.24, 2.45) is 0 Å². The van der Waals surface area contributed by atoms with Crippen LogP contribution in [0.5, 0.6) is 0 Å². The Labute approximate surface area is 110 Å². The first-order chi connectivity index (χ1) is 8.27. The van der Waals surface area contributed by atoms with Gasteiger partial charge in [0.05, 0.1) is 13.2 Å². The van der Waals surface area contributed by atoms with E-state index in [1.807, 2.05) is 6.07 Å². The second kappa shape index (κ2) is 4.69. The monoisotopic (exact) mass is 297 g/mol. The van der Waals surface area contributed by atoms with Gasteiger partial charge in [-0.25, -0.2) is 0 Å². The zero-order chi connectivity index (χ0) is 11.7. The Morgan fingerprint density at radius 1 is 1.29 bits per heavy atom. The highest BCUT2D eigenvalue weighted by molar-refractivity contribution is 9.10. The van der Waals surface area contributed by atoms with Gasteiger partial charge in [-0.05, 0) is 17.7 Å². The van der Waals surface area contributed by atoms with Crippen LogP contribution in [0.1, 0.15) is 24.4 Å². The SMILES string of the molecule is Brc1cccc(C2CC3(CCN2)OCCO3)c1. The number of rotatable bonds is 1. The summed E-state index contributed by atoms with van der Waals surface area (Å²) >= 11 is 3.51. The van der Waals surface area contributed by atoms with Gasteiger partial charge in [0.2, 0.25) is 0 Å². The fourth-order valence-electron chi connectivity index (χ4n) is 2.64. The lowest BCUT2D eigenvalue weighted by Crippen LogP contribution is -2.44. The van der Waals surface area contributed by atoms with Gasteiger partial charge in [0.1, 0.15) is 0 Å². The van der Waals surface area contributed by atoms with E-state index in [-0.39, 0.29) is 5.79 Å². The van der Waals surface area contributed by atoms with Crippen LogP contribution in [-0.4, -0.2) is 25.5 Å². The second-order valence-corrected chi connectivity index (χ2v) is 5.54. The first-order valence-corrected chi connectivity index (χ1v) is 6.84. The molecule has 2 fully saturated rings. The molecule has 0 radical (unpaired) electrons. The summed E-state index contributed by atoms with van der Waals surface area (Å²) in [7, 11) is 0. The molecule has 17 heavy (non-hydrogen) atoms. The van der Waals surface area contributed by atoms with Crippen LogP contribution in [0, 0.1) is 0 Å². The Kier molecular flexibility index (Phi) is 3.21. The lowest BCUT2D eigenvalue weighted by molar-refractivity contribution is -0.180. The van der Waals surface area contributed by atoms with Crippen molar-refractivity contribution in [2.45, 2.75) is 24.7 Å². The molecule has 2 aliphatic rings. The number of ether oxygens (including phenoxy) is 2. The fraction of sp³-hybridized carbons (Fsp3) is 0.538. The lowest BCUT2D eigenvalue weighted by atomic mass is 9.93. The Balaban J connectivity index is 1.79. The van der Waals surface area contributed by atoms with E-state index in [0.29, 0.717) is 6.04 Å².